The highest BCUT2D eigenvalue weighted by atomic mass is 31.1. The number of hydrogen-bond donors (Lipinski definition) is 0. The van der Waals surface area contributed by atoms with E-state index in [-0.39, 0.29) is 9.84 Å². The van der Waals surface area contributed by atoms with Gasteiger partial charge in [-0.3, -0.25) is 0 Å². The second-order valence-corrected chi connectivity index (χ2v) is 4.50. The van der Waals surface area contributed by atoms with Gasteiger partial charge in [0, 0.05) is 1.43 Å². The van der Waals surface area contributed by atoms with Gasteiger partial charge >= 0.3 is 0 Å². The average Bonchev–Trinajstić information content (AvgIpc) is 1.35. The van der Waals surface area contributed by atoms with Gasteiger partial charge in [-0.05, 0) is 11.8 Å². The van der Waals surface area contributed by atoms with Crippen LogP contribution in [-0.2, 0) is 0 Å². The Morgan fingerprint density at radius 1 is 1.29 bits per heavy atom. The maximum absolute atomic E-state index is 2.26. The molecule has 0 aliphatic carbocycles. The molecule has 0 bridgehead atoms. The van der Waals surface area contributed by atoms with E-state index in [1.54, 1.807) is 0 Å². The fourth-order valence-electron chi connectivity index (χ4n) is 0. The van der Waals surface area contributed by atoms with Crippen LogP contribution in [-0.4, -0.2) is 20.2 Å². The Balaban J connectivity index is -0.000000125. The van der Waals surface area contributed by atoms with Crippen LogP contribution < -0.4 is 0 Å². The third kappa shape index (κ3) is 10.7. The highest BCUT2D eigenvalue weighted by Gasteiger charge is 2.03. The van der Waals surface area contributed by atoms with E-state index >= 15 is 0 Å². The molecule has 7 heavy (non-hydrogen) atoms. The first kappa shape index (κ1) is 10.5. The van der Waals surface area contributed by atoms with E-state index in [4.69, 9.17) is 0 Å². The average molecular weight is 120 g/mol. The Hall–Kier alpha value is 0.495. The summed E-state index contributed by atoms with van der Waals surface area (Å²) < 4.78 is 0. The van der Waals surface area contributed by atoms with Crippen LogP contribution in [0.25, 0.3) is 0 Å². The van der Waals surface area contributed by atoms with Gasteiger partial charge in [0.25, 0.3) is 0 Å². The summed E-state index contributed by atoms with van der Waals surface area (Å²) in [5.41, 5.74) is 0. The number of hydrogen-bond acceptors (Lipinski definition) is 0. The predicted octanol–water partition coefficient (Wildman–Crippen LogP) is 1.16. The Labute approximate surface area is 51.9 Å². The van der Waals surface area contributed by atoms with E-state index in [0.717, 1.165) is 8.58 Å². The van der Waals surface area contributed by atoms with Crippen molar-refractivity contribution >= 4 is 17.0 Å². The lowest BCUT2D eigenvalue weighted by Gasteiger charge is -2.12. The van der Waals surface area contributed by atoms with Crippen molar-refractivity contribution in [3.05, 3.63) is 0 Å². The molecule has 0 aliphatic rings. The van der Waals surface area contributed by atoms with E-state index in [9.17, 15) is 0 Å². The minimum atomic E-state index is 0. The fourth-order valence-corrected chi connectivity index (χ4v) is 0. The van der Waals surface area contributed by atoms with Crippen molar-refractivity contribution in [2.24, 2.45) is 0 Å². The predicted molar refractivity (Wildman–Crippen MR) is 46.0 cm³/mol. The smallest absolute Gasteiger partial charge is 0.0814 e. The molecule has 0 fully saturated rings. The molecule has 0 N–H and O–H groups in total. The molecule has 0 amide bonds. The molecule has 0 rings (SSSR count). The first-order valence-electron chi connectivity index (χ1n) is 2.25. The molecule has 2 heteroatoms. The summed E-state index contributed by atoms with van der Waals surface area (Å²) in [7, 11) is 1.07. The second kappa shape index (κ2) is 3.49. The topological polar surface area (TPSA) is 0 Å². The third-order valence-electron chi connectivity index (χ3n) is 0.750. The van der Waals surface area contributed by atoms with Gasteiger partial charge in [-0.2, -0.15) is 0 Å². The van der Waals surface area contributed by atoms with Crippen LogP contribution >= 0.6 is 8.58 Å². The highest BCUT2D eigenvalue weighted by Crippen LogP contribution is 2.25. The van der Waals surface area contributed by atoms with Gasteiger partial charge in [0.2, 0.25) is 0 Å². The minimum Gasteiger partial charge on any atom is -0.120 e. The molecule has 0 aromatic heterocycles. The fraction of sp³-hybridized carbons (Fsp3) is 1.00. The van der Waals surface area contributed by atoms with Gasteiger partial charge in [-0.1, -0.05) is 20.8 Å². The molecule has 1 atom stereocenters. The van der Waals surface area contributed by atoms with Gasteiger partial charge in [-0.25, -0.2) is 0 Å². The quantitative estimate of drug-likeness (QED) is 0.332. The maximum atomic E-state index is 2.26. The van der Waals surface area contributed by atoms with Crippen molar-refractivity contribution in [2.45, 2.75) is 25.9 Å². The summed E-state index contributed by atoms with van der Waals surface area (Å²) in [4.78, 5) is 0. The normalized spacial score (nSPS) is 12.0. The lowest BCUT2D eigenvalue weighted by Crippen LogP contribution is -2.02. The maximum Gasteiger partial charge on any atom is 0.0814 e. The number of rotatable bonds is 0. The Bertz CT molecular complexity index is 42.2. The van der Waals surface area contributed by atoms with Crippen molar-refractivity contribution in [2.75, 3.05) is 6.66 Å². The second-order valence-electron chi connectivity index (χ2n) is 2.50. The Morgan fingerprint density at radius 2 is 1.43 bits per heavy atom. The molecule has 46 valence electrons. The summed E-state index contributed by atoms with van der Waals surface area (Å²) in [6, 6.07) is 0. The molecule has 0 heterocycles. The molecule has 0 aromatic carbocycles. The molecule has 0 saturated carbocycles. The lowest BCUT2D eigenvalue weighted by molar-refractivity contribution is 0.797. The van der Waals surface area contributed by atoms with Gasteiger partial charge in [0.05, 0.1) is 8.41 Å². The monoisotopic (exact) mass is 120 g/mol. The van der Waals surface area contributed by atoms with E-state index in [2.05, 4.69) is 27.4 Å². The molecule has 0 nitrogen and oxygen atoms in total. The van der Waals surface area contributed by atoms with E-state index in [1.807, 2.05) is 0 Å². The van der Waals surface area contributed by atoms with Gasteiger partial charge in [-0.15, -0.1) is 8.58 Å². The van der Waals surface area contributed by atoms with Gasteiger partial charge in [0.1, 0.15) is 0 Å². The summed E-state index contributed by atoms with van der Waals surface area (Å²) >= 11 is 0. The van der Waals surface area contributed by atoms with Crippen LogP contribution in [0.1, 0.15) is 22.2 Å². The van der Waals surface area contributed by atoms with Crippen molar-refractivity contribution in [1.29, 1.82) is 0 Å². The summed E-state index contributed by atoms with van der Waals surface area (Å²) in [5.74, 6) is 0. The molecule has 0 aliphatic heterocycles. The zero-order chi connectivity index (χ0) is 5.21. The van der Waals surface area contributed by atoms with Crippen molar-refractivity contribution in [1.82, 2.24) is 0 Å². The molecule has 0 spiro atoms. The van der Waals surface area contributed by atoms with E-state index in [0.29, 0.717) is 5.16 Å². The third-order valence-corrected chi connectivity index (χ3v) is 2.25. The zero-order valence-electron chi connectivity index (χ0n) is 5.00. The molecular weight excluding hydrogens is 102 g/mol. The minimum absolute atomic E-state index is 0. The zero-order valence-corrected chi connectivity index (χ0v) is 6.00. The van der Waals surface area contributed by atoms with E-state index in [1.165, 1.54) is 0 Å². The largest absolute Gasteiger partial charge is 0.120 e. The van der Waals surface area contributed by atoms with Crippen molar-refractivity contribution in [3.63, 3.8) is 0 Å². The lowest BCUT2D eigenvalue weighted by atomic mass is 10.3. The van der Waals surface area contributed by atoms with Crippen LogP contribution in [0.15, 0.2) is 0 Å². The van der Waals surface area contributed by atoms with E-state index < -0.39 is 0 Å². The molecular formula is C5H18BP. The molecule has 1 unspecified atom stereocenters. The SMILES string of the molecule is B.CPC(C)(C)C.[HH]. The molecule has 0 radical (unpaired) electrons. The van der Waals surface area contributed by atoms with Crippen LogP contribution in [0.3, 0.4) is 0 Å². The molecule has 0 aromatic rings. The first-order chi connectivity index (χ1) is 2.56. The van der Waals surface area contributed by atoms with Crippen LogP contribution in [0.2, 0.25) is 0 Å². The van der Waals surface area contributed by atoms with Crippen LogP contribution in [0, 0.1) is 0 Å². The summed E-state index contributed by atoms with van der Waals surface area (Å²) in [6.07, 6.45) is 0. The Morgan fingerprint density at radius 3 is 1.43 bits per heavy atom. The van der Waals surface area contributed by atoms with Gasteiger partial charge in [0.15, 0.2) is 0 Å². The first-order valence-corrected chi connectivity index (χ1v) is 3.75. The summed E-state index contributed by atoms with van der Waals surface area (Å²) in [5, 5.41) is 0.569. The summed E-state index contributed by atoms with van der Waals surface area (Å²) in [6.45, 7) is 9.00. The standard InChI is InChI=1S/C5H13P.BH3.H2/c1-5(2,3)6-4;;/h6H,1-4H3;1H3;1H. The van der Waals surface area contributed by atoms with Crippen LogP contribution in [0.5, 0.6) is 0 Å². The van der Waals surface area contributed by atoms with Crippen molar-refractivity contribution in [3.8, 4) is 0 Å². The van der Waals surface area contributed by atoms with Crippen molar-refractivity contribution < 1.29 is 1.43 Å². The molecule has 0 saturated heterocycles. The Kier molecular flexibility index (Phi) is 5.22. The highest BCUT2D eigenvalue weighted by molar-refractivity contribution is 7.38. The van der Waals surface area contributed by atoms with Crippen LogP contribution in [0.4, 0.5) is 0 Å². The van der Waals surface area contributed by atoms with Gasteiger partial charge < -0.3 is 0 Å².